The van der Waals surface area contributed by atoms with E-state index >= 15 is 0 Å². The minimum Gasteiger partial charge on any atom is -0.504 e. The monoisotopic (exact) mass is 224 g/mol. The lowest BCUT2D eigenvalue weighted by Crippen LogP contribution is -2.22. The maximum absolute atomic E-state index is 10.0. The Morgan fingerprint density at radius 2 is 1.94 bits per heavy atom. The molecule has 0 amide bonds. The van der Waals surface area contributed by atoms with Crippen LogP contribution >= 0.6 is 0 Å². The normalized spacial score (nSPS) is 11.6. The first kappa shape index (κ1) is 12.8. The summed E-state index contributed by atoms with van der Waals surface area (Å²) in [6.07, 6.45) is 0.866. The molecule has 3 heteroatoms. The van der Waals surface area contributed by atoms with E-state index in [0.29, 0.717) is 5.75 Å². The van der Waals surface area contributed by atoms with Crippen LogP contribution in [0.4, 0.5) is 0 Å². The van der Waals surface area contributed by atoms with Crippen molar-refractivity contribution in [3.05, 3.63) is 23.3 Å². The molecule has 1 aromatic rings. The molecule has 16 heavy (non-hydrogen) atoms. The largest absolute Gasteiger partial charge is 0.504 e. The van der Waals surface area contributed by atoms with E-state index in [0.717, 1.165) is 17.5 Å². The summed E-state index contributed by atoms with van der Waals surface area (Å²) in [6, 6.07) is 3.75. The highest BCUT2D eigenvalue weighted by atomic mass is 16.5. The van der Waals surface area contributed by atoms with E-state index in [1.165, 1.54) is 7.11 Å². The van der Waals surface area contributed by atoms with E-state index in [2.05, 4.69) is 0 Å². The zero-order valence-electron chi connectivity index (χ0n) is 10.4. The first-order valence-corrected chi connectivity index (χ1v) is 5.47. The van der Waals surface area contributed by atoms with Crippen molar-refractivity contribution in [1.82, 2.24) is 0 Å². The van der Waals surface area contributed by atoms with Crippen LogP contribution in [0.15, 0.2) is 12.1 Å². The van der Waals surface area contributed by atoms with Crippen LogP contribution < -0.4 is 4.74 Å². The second kappa shape index (κ2) is 4.74. The van der Waals surface area contributed by atoms with Gasteiger partial charge in [0.25, 0.3) is 0 Å². The average molecular weight is 224 g/mol. The average Bonchev–Trinajstić information content (AvgIpc) is 2.29. The molecule has 0 aliphatic carbocycles. The number of benzene rings is 1. The van der Waals surface area contributed by atoms with Gasteiger partial charge in [-0.05, 0) is 18.1 Å². The number of aryl methyl sites for hydroxylation is 1. The summed E-state index contributed by atoms with van der Waals surface area (Å²) in [6.45, 7) is 5.81. The molecule has 0 aliphatic rings. The predicted molar refractivity (Wildman–Crippen MR) is 64.1 cm³/mol. The molecule has 0 saturated heterocycles. The van der Waals surface area contributed by atoms with Crippen molar-refractivity contribution in [2.24, 2.45) is 0 Å². The fraction of sp³-hybridized carbons (Fsp3) is 0.538. The number of aromatic hydroxyl groups is 1. The summed E-state index contributed by atoms with van der Waals surface area (Å²) in [4.78, 5) is 0. The Labute approximate surface area is 96.7 Å². The van der Waals surface area contributed by atoms with Crippen LogP contribution in [0.2, 0.25) is 0 Å². The minimum absolute atomic E-state index is 0.0170. The molecule has 0 atom stereocenters. The van der Waals surface area contributed by atoms with Crippen molar-refractivity contribution in [2.45, 2.75) is 32.6 Å². The molecule has 0 aromatic heterocycles. The summed E-state index contributed by atoms with van der Waals surface area (Å²) in [7, 11) is 1.53. The molecule has 2 N–H and O–H groups in total. The van der Waals surface area contributed by atoms with Crippen molar-refractivity contribution in [3.8, 4) is 11.5 Å². The Morgan fingerprint density at radius 1 is 1.31 bits per heavy atom. The fourth-order valence-electron chi connectivity index (χ4n) is 1.63. The van der Waals surface area contributed by atoms with E-state index in [-0.39, 0.29) is 12.4 Å². The van der Waals surface area contributed by atoms with Gasteiger partial charge in [-0.3, -0.25) is 0 Å². The number of aliphatic hydroxyl groups excluding tert-OH is 1. The van der Waals surface area contributed by atoms with Gasteiger partial charge in [-0.15, -0.1) is 0 Å². The summed E-state index contributed by atoms with van der Waals surface area (Å²) in [5, 5.41) is 19.4. The van der Waals surface area contributed by atoms with Gasteiger partial charge in [0.05, 0.1) is 13.7 Å². The maximum Gasteiger partial charge on any atom is 0.161 e. The number of aliphatic hydroxyl groups is 1. The van der Waals surface area contributed by atoms with Crippen molar-refractivity contribution < 1.29 is 14.9 Å². The smallest absolute Gasteiger partial charge is 0.161 e. The molecule has 0 heterocycles. The number of rotatable bonds is 4. The first-order chi connectivity index (χ1) is 7.46. The van der Waals surface area contributed by atoms with Crippen molar-refractivity contribution >= 4 is 0 Å². The predicted octanol–water partition coefficient (Wildman–Crippen LogP) is 2.23. The molecule has 90 valence electrons. The Hall–Kier alpha value is -1.22. The third kappa shape index (κ3) is 2.30. The number of methoxy groups -OCH3 is 1. The molecule has 1 aromatic carbocycles. The third-order valence-corrected chi connectivity index (χ3v) is 2.89. The highest BCUT2D eigenvalue weighted by Crippen LogP contribution is 2.38. The lowest BCUT2D eigenvalue weighted by atomic mass is 9.83. The van der Waals surface area contributed by atoms with Gasteiger partial charge in [0, 0.05) is 11.0 Å². The molecular formula is C13H20O3. The maximum atomic E-state index is 10.0. The molecule has 0 fully saturated rings. The summed E-state index contributed by atoms with van der Waals surface area (Å²) >= 11 is 0. The van der Waals surface area contributed by atoms with Crippen LogP contribution in [0.3, 0.4) is 0 Å². The minimum atomic E-state index is -0.470. The summed E-state index contributed by atoms with van der Waals surface area (Å²) in [5.41, 5.74) is 1.35. The lowest BCUT2D eigenvalue weighted by molar-refractivity contribution is 0.214. The molecule has 3 nitrogen and oxygen atoms in total. The Bertz CT molecular complexity index is 370. The molecule has 0 saturated carbocycles. The van der Waals surface area contributed by atoms with Gasteiger partial charge >= 0.3 is 0 Å². The second-order valence-electron chi connectivity index (χ2n) is 4.59. The van der Waals surface area contributed by atoms with Crippen molar-refractivity contribution in [1.29, 1.82) is 0 Å². The fourth-order valence-corrected chi connectivity index (χ4v) is 1.63. The van der Waals surface area contributed by atoms with Gasteiger partial charge in [-0.1, -0.05) is 26.8 Å². The van der Waals surface area contributed by atoms with E-state index in [9.17, 15) is 10.2 Å². The molecule has 0 aliphatic heterocycles. The van der Waals surface area contributed by atoms with Crippen LogP contribution in [0.5, 0.6) is 11.5 Å². The standard InChI is InChI=1S/C13H20O3/c1-5-9-6-10(13(2,3)8-14)12(15)11(7-9)16-4/h6-7,14-15H,5,8H2,1-4H3. The van der Waals surface area contributed by atoms with Gasteiger partial charge in [0.15, 0.2) is 11.5 Å². The summed E-state index contributed by atoms with van der Waals surface area (Å²) in [5.74, 6) is 0.592. The quantitative estimate of drug-likeness (QED) is 0.824. The molecule has 1 rings (SSSR count). The lowest BCUT2D eigenvalue weighted by Gasteiger charge is -2.25. The Balaban J connectivity index is 3.37. The Morgan fingerprint density at radius 3 is 2.38 bits per heavy atom. The highest BCUT2D eigenvalue weighted by Gasteiger charge is 2.25. The number of hydrogen-bond acceptors (Lipinski definition) is 3. The number of hydrogen-bond donors (Lipinski definition) is 2. The van der Waals surface area contributed by atoms with Crippen LogP contribution in [0.1, 0.15) is 31.9 Å². The number of phenols is 1. The molecule has 0 bridgehead atoms. The van der Waals surface area contributed by atoms with Crippen LogP contribution in [-0.4, -0.2) is 23.9 Å². The zero-order chi connectivity index (χ0) is 12.3. The molecule has 0 spiro atoms. The summed E-state index contributed by atoms with van der Waals surface area (Å²) < 4.78 is 5.14. The second-order valence-corrected chi connectivity index (χ2v) is 4.59. The molecular weight excluding hydrogens is 204 g/mol. The van der Waals surface area contributed by atoms with Crippen LogP contribution in [0.25, 0.3) is 0 Å². The highest BCUT2D eigenvalue weighted by molar-refractivity contribution is 5.51. The van der Waals surface area contributed by atoms with Gasteiger partial charge in [0.2, 0.25) is 0 Å². The van der Waals surface area contributed by atoms with Gasteiger partial charge in [-0.25, -0.2) is 0 Å². The zero-order valence-corrected chi connectivity index (χ0v) is 10.4. The number of phenolic OH excluding ortho intramolecular Hbond substituents is 1. The number of ether oxygens (including phenoxy) is 1. The van der Waals surface area contributed by atoms with Crippen LogP contribution in [-0.2, 0) is 11.8 Å². The first-order valence-electron chi connectivity index (χ1n) is 5.47. The van der Waals surface area contributed by atoms with Crippen molar-refractivity contribution in [3.63, 3.8) is 0 Å². The Kier molecular flexibility index (Phi) is 3.81. The van der Waals surface area contributed by atoms with Crippen LogP contribution in [0, 0.1) is 0 Å². The molecule has 0 radical (unpaired) electrons. The third-order valence-electron chi connectivity index (χ3n) is 2.89. The van der Waals surface area contributed by atoms with E-state index in [1.54, 1.807) is 0 Å². The van der Waals surface area contributed by atoms with E-state index in [1.807, 2.05) is 32.9 Å². The van der Waals surface area contributed by atoms with E-state index < -0.39 is 5.41 Å². The molecule has 0 unspecified atom stereocenters. The van der Waals surface area contributed by atoms with Gasteiger partial charge < -0.3 is 14.9 Å². The van der Waals surface area contributed by atoms with Gasteiger partial charge in [0.1, 0.15) is 0 Å². The SMILES string of the molecule is CCc1cc(OC)c(O)c(C(C)(C)CO)c1. The topological polar surface area (TPSA) is 49.7 Å². The van der Waals surface area contributed by atoms with Gasteiger partial charge in [-0.2, -0.15) is 0 Å². The van der Waals surface area contributed by atoms with Crippen molar-refractivity contribution in [2.75, 3.05) is 13.7 Å². The van der Waals surface area contributed by atoms with E-state index in [4.69, 9.17) is 4.74 Å².